The number of halogens is 1. The van der Waals surface area contributed by atoms with Gasteiger partial charge in [0.15, 0.2) is 11.6 Å². The van der Waals surface area contributed by atoms with Crippen molar-refractivity contribution >= 4 is 28.9 Å². The van der Waals surface area contributed by atoms with Crippen molar-refractivity contribution in [1.29, 1.82) is 0 Å². The summed E-state index contributed by atoms with van der Waals surface area (Å²) in [5, 5.41) is 3.38. The topological polar surface area (TPSA) is 76.3 Å². The third-order valence-corrected chi connectivity index (χ3v) is 2.80. The van der Waals surface area contributed by atoms with Crippen LogP contribution in [0.3, 0.4) is 0 Å². The molecule has 0 amide bonds. The van der Waals surface area contributed by atoms with Crippen LogP contribution in [0, 0.1) is 0 Å². The lowest BCUT2D eigenvalue weighted by Crippen LogP contribution is -2.37. The van der Waals surface area contributed by atoms with Gasteiger partial charge in [-0.1, -0.05) is 0 Å². The Kier molecular flexibility index (Phi) is 4.08. The molecule has 100 valence electrons. The molecule has 6 nitrogen and oxygen atoms in total. The van der Waals surface area contributed by atoms with Crippen LogP contribution in [0.1, 0.15) is 13.8 Å². The molecule has 3 N–H and O–H groups in total. The minimum Gasteiger partial charge on any atom is -0.393 e. The van der Waals surface area contributed by atoms with E-state index in [1.165, 1.54) is 0 Å². The highest BCUT2D eigenvalue weighted by molar-refractivity contribution is 6.28. The maximum atomic E-state index is 6.10. The molecule has 0 bridgehead atoms. The lowest BCUT2D eigenvalue weighted by Gasteiger charge is -2.29. The van der Waals surface area contributed by atoms with E-state index < -0.39 is 0 Å². The maximum Gasteiger partial charge on any atom is 0.226 e. The van der Waals surface area contributed by atoms with Crippen LogP contribution >= 0.6 is 11.6 Å². The Morgan fingerprint density at radius 3 is 2.61 bits per heavy atom. The Morgan fingerprint density at radius 2 is 2.00 bits per heavy atom. The van der Waals surface area contributed by atoms with Gasteiger partial charge in [0.25, 0.3) is 0 Å². The molecule has 2 heterocycles. The molecule has 1 aromatic heterocycles. The molecule has 1 aliphatic rings. The third-order valence-electron chi connectivity index (χ3n) is 2.63. The van der Waals surface area contributed by atoms with Crippen LogP contribution < -0.4 is 16.0 Å². The fourth-order valence-corrected chi connectivity index (χ4v) is 2.00. The number of aromatic nitrogens is 2. The summed E-state index contributed by atoms with van der Waals surface area (Å²) in [6, 6.07) is 0.232. The van der Waals surface area contributed by atoms with Gasteiger partial charge in [-0.2, -0.15) is 9.97 Å². The van der Waals surface area contributed by atoms with Gasteiger partial charge in [-0.3, -0.25) is 0 Å². The average molecular weight is 272 g/mol. The molecule has 0 unspecified atom stereocenters. The highest BCUT2D eigenvalue weighted by Crippen LogP contribution is 2.29. The average Bonchev–Trinajstić information content (AvgIpc) is 2.34. The molecule has 2 rings (SSSR count). The van der Waals surface area contributed by atoms with Crippen molar-refractivity contribution in [2.24, 2.45) is 0 Å². The SMILES string of the molecule is CC(C)Nc1nc(Cl)nc(N2CCOCC2)c1N. The van der Waals surface area contributed by atoms with E-state index in [0.717, 1.165) is 13.1 Å². The number of anilines is 3. The second-order valence-electron chi connectivity index (χ2n) is 4.48. The zero-order chi connectivity index (χ0) is 13.1. The largest absolute Gasteiger partial charge is 0.393 e. The van der Waals surface area contributed by atoms with Crippen molar-refractivity contribution in [3.8, 4) is 0 Å². The molecular formula is C11H18ClN5O. The monoisotopic (exact) mass is 271 g/mol. The van der Waals surface area contributed by atoms with E-state index in [1.54, 1.807) is 0 Å². The lowest BCUT2D eigenvalue weighted by atomic mass is 10.3. The zero-order valence-electron chi connectivity index (χ0n) is 10.6. The number of rotatable bonds is 3. The van der Waals surface area contributed by atoms with E-state index in [2.05, 4.69) is 20.2 Å². The molecule has 0 aromatic carbocycles. The van der Waals surface area contributed by atoms with E-state index in [0.29, 0.717) is 30.5 Å². The molecule has 1 aromatic rings. The van der Waals surface area contributed by atoms with Crippen LogP contribution in [0.4, 0.5) is 17.3 Å². The molecule has 0 atom stereocenters. The molecule has 1 saturated heterocycles. The summed E-state index contributed by atoms with van der Waals surface area (Å²) < 4.78 is 5.31. The summed E-state index contributed by atoms with van der Waals surface area (Å²) in [6.07, 6.45) is 0. The van der Waals surface area contributed by atoms with E-state index in [1.807, 2.05) is 13.8 Å². The number of hydrogen-bond donors (Lipinski definition) is 2. The Balaban J connectivity index is 2.31. The predicted octanol–water partition coefficient (Wildman–Crippen LogP) is 1.37. The van der Waals surface area contributed by atoms with E-state index in [-0.39, 0.29) is 11.3 Å². The number of nitrogens with zero attached hydrogens (tertiary/aromatic N) is 3. The fraction of sp³-hybridized carbons (Fsp3) is 0.636. The van der Waals surface area contributed by atoms with Gasteiger partial charge >= 0.3 is 0 Å². The highest BCUT2D eigenvalue weighted by Gasteiger charge is 2.19. The Labute approximate surface area is 111 Å². The molecule has 0 radical (unpaired) electrons. The van der Waals surface area contributed by atoms with Crippen LogP contribution in [0.5, 0.6) is 0 Å². The molecule has 0 saturated carbocycles. The van der Waals surface area contributed by atoms with Gasteiger partial charge in [-0.05, 0) is 25.4 Å². The van der Waals surface area contributed by atoms with Crippen molar-refractivity contribution < 1.29 is 4.74 Å². The Bertz CT molecular complexity index is 420. The summed E-state index contributed by atoms with van der Waals surface area (Å²) in [7, 11) is 0. The smallest absolute Gasteiger partial charge is 0.226 e. The molecular weight excluding hydrogens is 254 g/mol. The first-order chi connectivity index (χ1) is 8.58. The number of nitrogen functional groups attached to an aromatic ring is 1. The van der Waals surface area contributed by atoms with Gasteiger partial charge in [-0.15, -0.1) is 0 Å². The minimum atomic E-state index is 0.203. The van der Waals surface area contributed by atoms with Crippen molar-refractivity contribution in [3.63, 3.8) is 0 Å². The fourth-order valence-electron chi connectivity index (χ4n) is 1.83. The predicted molar refractivity (Wildman–Crippen MR) is 73.2 cm³/mol. The number of nitrogens with two attached hydrogens (primary N) is 1. The van der Waals surface area contributed by atoms with Crippen molar-refractivity contribution in [2.75, 3.05) is 42.3 Å². The van der Waals surface area contributed by atoms with Gasteiger partial charge in [0, 0.05) is 19.1 Å². The molecule has 0 aliphatic carbocycles. The van der Waals surface area contributed by atoms with Crippen molar-refractivity contribution in [2.45, 2.75) is 19.9 Å². The number of morpholine rings is 1. The van der Waals surface area contributed by atoms with Gasteiger partial charge in [-0.25, -0.2) is 0 Å². The summed E-state index contributed by atoms with van der Waals surface area (Å²) in [5.74, 6) is 1.27. The third kappa shape index (κ3) is 2.94. The van der Waals surface area contributed by atoms with Crippen LogP contribution in [0.25, 0.3) is 0 Å². The summed E-state index contributed by atoms with van der Waals surface area (Å²) in [5.41, 5.74) is 6.64. The maximum absolute atomic E-state index is 6.10. The quantitative estimate of drug-likeness (QED) is 0.809. The number of hydrogen-bond acceptors (Lipinski definition) is 6. The second-order valence-corrected chi connectivity index (χ2v) is 4.82. The van der Waals surface area contributed by atoms with Crippen molar-refractivity contribution in [1.82, 2.24) is 9.97 Å². The summed E-state index contributed by atoms with van der Waals surface area (Å²) >= 11 is 5.95. The molecule has 0 spiro atoms. The summed E-state index contributed by atoms with van der Waals surface area (Å²) in [6.45, 7) is 6.91. The first-order valence-corrected chi connectivity index (χ1v) is 6.38. The second kappa shape index (κ2) is 5.58. The van der Waals surface area contributed by atoms with Crippen LogP contribution in [0.2, 0.25) is 5.28 Å². The molecule has 1 fully saturated rings. The normalized spacial score (nSPS) is 16.1. The molecule has 7 heteroatoms. The van der Waals surface area contributed by atoms with Crippen LogP contribution in [-0.2, 0) is 4.74 Å². The molecule has 1 aliphatic heterocycles. The van der Waals surface area contributed by atoms with Gasteiger partial charge in [0.2, 0.25) is 5.28 Å². The van der Waals surface area contributed by atoms with E-state index >= 15 is 0 Å². The summed E-state index contributed by atoms with van der Waals surface area (Å²) in [4.78, 5) is 10.4. The molecule has 18 heavy (non-hydrogen) atoms. The van der Waals surface area contributed by atoms with Crippen LogP contribution in [-0.4, -0.2) is 42.3 Å². The van der Waals surface area contributed by atoms with Gasteiger partial charge < -0.3 is 20.7 Å². The van der Waals surface area contributed by atoms with E-state index in [4.69, 9.17) is 22.1 Å². The Morgan fingerprint density at radius 1 is 1.33 bits per heavy atom. The number of nitrogens with one attached hydrogen (secondary N) is 1. The highest BCUT2D eigenvalue weighted by atomic mass is 35.5. The van der Waals surface area contributed by atoms with E-state index in [9.17, 15) is 0 Å². The Hall–Kier alpha value is -1.27. The van der Waals surface area contributed by atoms with Gasteiger partial charge in [0.1, 0.15) is 5.69 Å². The minimum absolute atomic E-state index is 0.203. The standard InChI is InChI=1S/C11H18ClN5O/c1-7(2)14-9-8(13)10(16-11(12)15-9)17-3-5-18-6-4-17/h7H,3-6,13H2,1-2H3,(H,14,15,16). The zero-order valence-corrected chi connectivity index (χ0v) is 11.4. The first kappa shape index (κ1) is 13.2. The van der Waals surface area contributed by atoms with Gasteiger partial charge in [0.05, 0.1) is 13.2 Å². The lowest BCUT2D eigenvalue weighted by molar-refractivity contribution is 0.122. The first-order valence-electron chi connectivity index (χ1n) is 6.00. The number of ether oxygens (including phenoxy) is 1. The van der Waals surface area contributed by atoms with Crippen molar-refractivity contribution in [3.05, 3.63) is 5.28 Å². The van der Waals surface area contributed by atoms with Crippen LogP contribution in [0.15, 0.2) is 0 Å².